The molecular formula is C19H14ClN3. The molecule has 0 unspecified atom stereocenters. The van der Waals surface area contributed by atoms with Crippen LogP contribution in [-0.2, 0) is 0 Å². The smallest absolute Gasteiger partial charge is 0.162 e. The molecule has 1 N–H and O–H groups in total. The Labute approximate surface area is 139 Å². The van der Waals surface area contributed by atoms with Crippen LogP contribution in [0.2, 0.25) is 0 Å². The van der Waals surface area contributed by atoms with Gasteiger partial charge in [-0.05, 0) is 16.8 Å². The molecule has 0 amide bonds. The number of hydrogen-bond acceptors (Lipinski definition) is 1. The van der Waals surface area contributed by atoms with Crippen molar-refractivity contribution in [1.82, 2.24) is 0 Å². The van der Waals surface area contributed by atoms with Crippen LogP contribution in [0.5, 0.6) is 0 Å². The molecule has 0 aliphatic heterocycles. The van der Waals surface area contributed by atoms with E-state index in [1.165, 1.54) is 5.67 Å². The molecule has 0 saturated heterocycles. The van der Waals surface area contributed by atoms with Crippen LogP contribution in [0.3, 0.4) is 0 Å². The van der Waals surface area contributed by atoms with Crippen LogP contribution >= 0.6 is 11.6 Å². The Morgan fingerprint density at radius 2 is 1.52 bits per heavy atom. The molecule has 0 aliphatic rings. The number of nitrogens with one attached hydrogen (secondary N) is 1. The van der Waals surface area contributed by atoms with Crippen LogP contribution in [0, 0.1) is 5.41 Å². The third kappa shape index (κ3) is 3.52. The minimum atomic E-state index is 0.150. The van der Waals surface area contributed by atoms with Gasteiger partial charge in [-0.3, -0.25) is 5.41 Å². The number of fused-ring (bicyclic) bond motifs is 1. The first-order chi connectivity index (χ1) is 11.3. The van der Waals surface area contributed by atoms with Crippen molar-refractivity contribution in [3.05, 3.63) is 83.9 Å². The minimum Gasteiger partial charge on any atom is -0.282 e. The Kier molecular flexibility index (Phi) is 4.60. The lowest BCUT2D eigenvalue weighted by Crippen LogP contribution is -2.03. The van der Waals surface area contributed by atoms with Crippen molar-refractivity contribution < 1.29 is 0 Å². The van der Waals surface area contributed by atoms with Crippen LogP contribution in [-0.4, -0.2) is 17.3 Å². The SMILES string of the molecule is N=C(N=C(N=CCl)c1ccccc1)c1ccc2ccccc2c1. The first kappa shape index (κ1) is 15.1. The minimum absolute atomic E-state index is 0.150. The second kappa shape index (κ2) is 6.99. The van der Waals surface area contributed by atoms with E-state index in [-0.39, 0.29) is 5.84 Å². The first-order valence-corrected chi connectivity index (χ1v) is 7.56. The Balaban J connectivity index is 1.99. The van der Waals surface area contributed by atoms with Gasteiger partial charge in [0.1, 0.15) is 0 Å². The molecule has 0 spiro atoms. The van der Waals surface area contributed by atoms with E-state index in [1.54, 1.807) is 0 Å². The van der Waals surface area contributed by atoms with Crippen molar-refractivity contribution in [2.45, 2.75) is 0 Å². The average Bonchev–Trinajstić information content (AvgIpc) is 2.61. The molecule has 3 rings (SSSR count). The number of amidine groups is 2. The molecule has 3 nitrogen and oxygen atoms in total. The maximum atomic E-state index is 8.26. The summed E-state index contributed by atoms with van der Waals surface area (Å²) in [5.74, 6) is 0.565. The number of nitrogens with zero attached hydrogens (tertiary/aromatic N) is 2. The topological polar surface area (TPSA) is 48.6 Å². The quantitative estimate of drug-likeness (QED) is 0.517. The maximum Gasteiger partial charge on any atom is 0.162 e. The van der Waals surface area contributed by atoms with Gasteiger partial charge < -0.3 is 0 Å². The summed E-state index contributed by atoms with van der Waals surface area (Å²) in [6.07, 6.45) is 0. The van der Waals surface area contributed by atoms with E-state index in [2.05, 4.69) is 9.98 Å². The van der Waals surface area contributed by atoms with Crippen LogP contribution < -0.4 is 0 Å². The molecule has 0 fully saturated rings. The van der Waals surface area contributed by atoms with Crippen molar-refractivity contribution in [2.75, 3.05) is 0 Å². The summed E-state index contributed by atoms with van der Waals surface area (Å²) in [6.45, 7) is 0. The van der Waals surface area contributed by atoms with Crippen LogP contribution in [0.25, 0.3) is 10.8 Å². The van der Waals surface area contributed by atoms with Crippen molar-refractivity contribution in [3.63, 3.8) is 0 Å². The molecule has 0 saturated carbocycles. The maximum absolute atomic E-state index is 8.26. The summed E-state index contributed by atoms with van der Waals surface area (Å²) in [4.78, 5) is 8.40. The highest BCUT2D eigenvalue weighted by Gasteiger charge is 2.06. The van der Waals surface area contributed by atoms with Crippen LogP contribution in [0.1, 0.15) is 11.1 Å². The Morgan fingerprint density at radius 1 is 0.826 bits per heavy atom. The lowest BCUT2D eigenvalue weighted by Gasteiger charge is -2.04. The van der Waals surface area contributed by atoms with Gasteiger partial charge in [-0.15, -0.1) is 0 Å². The van der Waals surface area contributed by atoms with Gasteiger partial charge in [0.2, 0.25) is 0 Å². The third-order valence-electron chi connectivity index (χ3n) is 3.44. The lowest BCUT2D eigenvalue weighted by molar-refractivity contribution is 1.40. The molecule has 4 heteroatoms. The van der Waals surface area contributed by atoms with E-state index in [0.717, 1.165) is 21.9 Å². The molecule has 112 valence electrons. The van der Waals surface area contributed by atoms with E-state index < -0.39 is 0 Å². The van der Waals surface area contributed by atoms with Gasteiger partial charge in [-0.1, -0.05) is 78.3 Å². The van der Waals surface area contributed by atoms with Crippen molar-refractivity contribution >= 4 is 39.7 Å². The molecule has 3 aromatic rings. The Morgan fingerprint density at radius 3 is 2.26 bits per heavy atom. The monoisotopic (exact) mass is 319 g/mol. The first-order valence-electron chi connectivity index (χ1n) is 7.12. The molecule has 23 heavy (non-hydrogen) atoms. The van der Waals surface area contributed by atoms with Crippen molar-refractivity contribution in [3.8, 4) is 0 Å². The summed E-state index contributed by atoms with van der Waals surface area (Å²) in [5.41, 5.74) is 2.72. The molecule has 0 radical (unpaired) electrons. The molecular weight excluding hydrogens is 306 g/mol. The largest absolute Gasteiger partial charge is 0.282 e. The lowest BCUT2D eigenvalue weighted by atomic mass is 10.1. The summed E-state index contributed by atoms with van der Waals surface area (Å²) in [6, 6.07) is 23.3. The molecule has 0 aliphatic carbocycles. The Hall–Kier alpha value is -2.78. The summed E-state index contributed by atoms with van der Waals surface area (Å²) < 4.78 is 0. The molecule has 0 atom stereocenters. The van der Waals surface area contributed by atoms with Gasteiger partial charge in [0, 0.05) is 11.1 Å². The fraction of sp³-hybridized carbons (Fsp3) is 0. The summed E-state index contributed by atoms with van der Waals surface area (Å²) in [7, 11) is 0. The van der Waals surface area contributed by atoms with E-state index in [1.807, 2.05) is 72.8 Å². The fourth-order valence-corrected chi connectivity index (χ4v) is 2.40. The van der Waals surface area contributed by atoms with Gasteiger partial charge in [-0.2, -0.15) is 0 Å². The van der Waals surface area contributed by atoms with Gasteiger partial charge in [0.15, 0.2) is 11.7 Å². The number of halogens is 1. The zero-order valence-electron chi connectivity index (χ0n) is 12.3. The molecule has 3 aromatic carbocycles. The van der Waals surface area contributed by atoms with E-state index in [9.17, 15) is 0 Å². The van der Waals surface area contributed by atoms with Crippen LogP contribution in [0.4, 0.5) is 0 Å². The number of rotatable bonds is 2. The average molecular weight is 320 g/mol. The van der Waals surface area contributed by atoms with Crippen LogP contribution in [0.15, 0.2) is 82.8 Å². The summed E-state index contributed by atoms with van der Waals surface area (Å²) >= 11 is 5.61. The third-order valence-corrected chi connectivity index (χ3v) is 3.54. The highest BCUT2D eigenvalue weighted by Crippen LogP contribution is 2.16. The second-order valence-electron chi connectivity index (χ2n) is 4.94. The number of benzene rings is 3. The van der Waals surface area contributed by atoms with E-state index >= 15 is 0 Å². The highest BCUT2D eigenvalue weighted by atomic mass is 35.5. The number of hydrogen-bond donors (Lipinski definition) is 1. The van der Waals surface area contributed by atoms with Gasteiger partial charge in [0.25, 0.3) is 0 Å². The zero-order chi connectivity index (χ0) is 16.1. The molecule has 0 bridgehead atoms. The van der Waals surface area contributed by atoms with Crippen molar-refractivity contribution in [1.29, 1.82) is 5.41 Å². The van der Waals surface area contributed by atoms with Gasteiger partial charge in [0.05, 0.1) is 5.67 Å². The second-order valence-corrected chi connectivity index (χ2v) is 5.13. The molecule has 0 aromatic heterocycles. The normalized spacial score (nSPS) is 12.0. The highest BCUT2D eigenvalue weighted by molar-refractivity contribution is 6.57. The fourth-order valence-electron chi connectivity index (χ4n) is 2.31. The standard InChI is InChI=1S/C19H14ClN3/c20-13-22-19(15-7-2-1-3-8-15)23-18(21)17-11-10-14-6-4-5-9-16(14)12-17/h1-13,21H. The van der Waals surface area contributed by atoms with Gasteiger partial charge >= 0.3 is 0 Å². The molecule has 0 heterocycles. The van der Waals surface area contributed by atoms with Gasteiger partial charge in [-0.25, -0.2) is 9.98 Å². The Bertz CT molecular complexity index is 899. The van der Waals surface area contributed by atoms with E-state index in [0.29, 0.717) is 5.84 Å². The zero-order valence-corrected chi connectivity index (χ0v) is 13.0. The predicted octanol–water partition coefficient (Wildman–Crippen LogP) is 4.88. The van der Waals surface area contributed by atoms with E-state index in [4.69, 9.17) is 17.0 Å². The predicted molar refractivity (Wildman–Crippen MR) is 98.1 cm³/mol. The van der Waals surface area contributed by atoms with Crippen molar-refractivity contribution in [2.24, 2.45) is 9.98 Å². The number of aliphatic imine (C=N–C) groups is 2. The summed E-state index contributed by atoms with van der Waals surface area (Å²) in [5, 5.41) is 10.5.